The lowest BCUT2D eigenvalue weighted by Gasteiger charge is -2.34. The van der Waals surface area contributed by atoms with E-state index < -0.39 is 5.54 Å². The van der Waals surface area contributed by atoms with E-state index >= 15 is 0 Å². The minimum atomic E-state index is -0.594. The van der Waals surface area contributed by atoms with Crippen molar-refractivity contribution >= 4 is 5.97 Å². The molecule has 20 heavy (non-hydrogen) atoms. The molecule has 0 aliphatic heterocycles. The molecule has 0 saturated carbocycles. The first kappa shape index (κ1) is 19.4. The highest BCUT2D eigenvalue weighted by molar-refractivity contribution is 5.80. The van der Waals surface area contributed by atoms with Crippen LogP contribution in [0.5, 0.6) is 0 Å². The van der Waals surface area contributed by atoms with Gasteiger partial charge in [0.05, 0.1) is 7.11 Å². The average Bonchev–Trinajstić information content (AvgIpc) is 2.44. The Balaban J connectivity index is 4.51. The summed E-state index contributed by atoms with van der Waals surface area (Å²) in [5.41, 5.74) is -0.594. The molecule has 0 fully saturated rings. The van der Waals surface area contributed by atoms with Gasteiger partial charge in [-0.1, -0.05) is 26.7 Å². The fraction of sp³-hybridized carbons (Fsp3) is 0.938. The predicted octanol–water partition coefficient (Wildman–Crippen LogP) is 2.82. The van der Waals surface area contributed by atoms with Crippen LogP contribution >= 0.6 is 0 Å². The van der Waals surface area contributed by atoms with Gasteiger partial charge in [0.1, 0.15) is 5.54 Å². The molecule has 1 N–H and O–H groups in total. The summed E-state index contributed by atoms with van der Waals surface area (Å²) in [5, 5.41) is 3.35. The van der Waals surface area contributed by atoms with Gasteiger partial charge < -0.3 is 15.0 Å². The van der Waals surface area contributed by atoms with E-state index in [2.05, 4.69) is 38.0 Å². The van der Waals surface area contributed by atoms with E-state index in [-0.39, 0.29) is 5.97 Å². The van der Waals surface area contributed by atoms with Crippen molar-refractivity contribution in [1.82, 2.24) is 10.2 Å². The Bertz CT molecular complexity index is 271. The van der Waals surface area contributed by atoms with Crippen molar-refractivity contribution in [1.29, 1.82) is 0 Å². The van der Waals surface area contributed by atoms with Crippen LogP contribution in [0.4, 0.5) is 0 Å². The van der Waals surface area contributed by atoms with Crippen molar-refractivity contribution in [3.8, 4) is 0 Å². The first-order valence-electron chi connectivity index (χ1n) is 7.95. The number of nitrogens with zero attached hydrogens (tertiary/aromatic N) is 1. The van der Waals surface area contributed by atoms with Gasteiger partial charge in [-0.2, -0.15) is 0 Å². The minimum absolute atomic E-state index is 0.167. The highest BCUT2D eigenvalue weighted by Crippen LogP contribution is 2.18. The van der Waals surface area contributed by atoms with Crippen LogP contribution in [0.25, 0.3) is 0 Å². The van der Waals surface area contributed by atoms with Gasteiger partial charge in [0.15, 0.2) is 0 Å². The van der Waals surface area contributed by atoms with Crippen molar-refractivity contribution in [2.24, 2.45) is 0 Å². The number of carbonyl (C=O) groups excluding carboxylic acids is 1. The Hall–Kier alpha value is -0.610. The van der Waals surface area contributed by atoms with Crippen molar-refractivity contribution in [3.05, 3.63) is 0 Å². The maximum absolute atomic E-state index is 12.1. The molecule has 0 spiro atoms. The predicted molar refractivity (Wildman–Crippen MR) is 84.9 cm³/mol. The molecular weight excluding hydrogens is 252 g/mol. The number of ether oxygens (including phenoxy) is 1. The molecule has 2 unspecified atom stereocenters. The lowest BCUT2D eigenvalue weighted by molar-refractivity contribution is -0.148. The lowest BCUT2D eigenvalue weighted by Crippen LogP contribution is -2.54. The van der Waals surface area contributed by atoms with Gasteiger partial charge in [0.2, 0.25) is 0 Å². The number of carbonyl (C=O) groups is 1. The summed E-state index contributed by atoms with van der Waals surface area (Å²) < 4.78 is 4.97. The summed E-state index contributed by atoms with van der Waals surface area (Å²) in [6, 6.07) is 0.348. The molecule has 0 aromatic heterocycles. The Morgan fingerprint density at radius 3 is 2.45 bits per heavy atom. The summed E-state index contributed by atoms with van der Waals surface area (Å²) in [7, 11) is 3.60. The third-order valence-corrected chi connectivity index (χ3v) is 3.97. The number of rotatable bonds is 11. The molecule has 0 bridgehead atoms. The van der Waals surface area contributed by atoms with Crippen molar-refractivity contribution in [2.45, 2.75) is 71.4 Å². The third kappa shape index (κ3) is 6.71. The summed E-state index contributed by atoms with van der Waals surface area (Å²) in [6.07, 6.45) is 5.49. The summed E-state index contributed by atoms with van der Waals surface area (Å²) in [6.45, 7) is 10.4. The first-order chi connectivity index (χ1) is 9.41. The molecule has 0 aromatic carbocycles. The number of hydrogen-bond donors (Lipinski definition) is 1. The summed E-state index contributed by atoms with van der Waals surface area (Å²) >= 11 is 0. The molecule has 0 heterocycles. The van der Waals surface area contributed by atoms with E-state index in [0.29, 0.717) is 6.04 Å². The summed E-state index contributed by atoms with van der Waals surface area (Å²) in [5.74, 6) is -0.167. The van der Waals surface area contributed by atoms with Crippen LogP contribution in [0.3, 0.4) is 0 Å². The van der Waals surface area contributed by atoms with Crippen LogP contribution in [-0.4, -0.2) is 49.7 Å². The second-order valence-electron chi connectivity index (χ2n) is 5.99. The molecule has 2 atom stereocenters. The van der Waals surface area contributed by atoms with Gasteiger partial charge in [-0.3, -0.25) is 4.79 Å². The van der Waals surface area contributed by atoms with E-state index in [1.807, 2.05) is 6.92 Å². The zero-order valence-electron chi connectivity index (χ0n) is 14.3. The molecule has 120 valence electrons. The lowest BCUT2D eigenvalue weighted by atomic mass is 9.92. The normalized spacial score (nSPS) is 15.9. The highest BCUT2D eigenvalue weighted by atomic mass is 16.5. The molecule has 0 radical (unpaired) electrons. The Kier molecular flexibility index (Phi) is 9.86. The van der Waals surface area contributed by atoms with Crippen LogP contribution in [-0.2, 0) is 9.53 Å². The van der Waals surface area contributed by atoms with Crippen molar-refractivity contribution < 1.29 is 9.53 Å². The standard InChI is InChI=1S/C16H34N2O2/c1-7-9-10-12-18(5)14(3)13-16(4,15(19)20-6)17-11-8-2/h14,17H,7-13H2,1-6H3. The molecule has 0 rings (SSSR count). The van der Waals surface area contributed by atoms with Gasteiger partial charge in [0.25, 0.3) is 0 Å². The van der Waals surface area contributed by atoms with Crippen molar-refractivity contribution in [3.63, 3.8) is 0 Å². The molecule has 0 aliphatic carbocycles. The topological polar surface area (TPSA) is 41.6 Å². The number of hydrogen-bond acceptors (Lipinski definition) is 4. The maximum atomic E-state index is 12.1. The van der Waals surface area contributed by atoms with Crippen LogP contribution < -0.4 is 5.32 Å². The van der Waals surface area contributed by atoms with E-state index in [4.69, 9.17) is 4.74 Å². The zero-order chi connectivity index (χ0) is 15.6. The monoisotopic (exact) mass is 286 g/mol. The maximum Gasteiger partial charge on any atom is 0.325 e. The smallest absolute Gasteiger partial charge is 0.325 e. The second-order valence-corrected chi connectivity index (χ2v) is 5.99. The van der Waals surface area contributed by atoms with Gasteiger partial charge in [-0.05, 0) is 53.2 Å². The first-order valence-corrected chi connectivity index (χ1v) is 7.95. The van der Waals surface area contributed by atoms with E-state index in [0.717, 1.165) is 25.9 Å². The molecule has 0 aliphatic rings. The fourth-order valence-corrected chi connectivity index (χ4v) is 2.43. The Labute approximate surface area is 125 Å². The van der Waals surface area contributed by atoms with E-state index in [1.165, 1.54) is 26.4 Å². The SMILES string of the molecule is CCCCCN(C)C(C)CC(C)(NCCC)C(=O)OC. The number of unbranched alkanes of at least 4 members (excludes halogenated alkanes) is 2. The molecule has 4 heteroatoms. The van der Waals surface area contributed by atoms with Gasteiger partial charge >= 0.3 is 5.97 Å². The van der Waals surface area contributed by atoms with Crippen LogP contribution in [0.2, 0.25) is 0 Å². The minimum Gasteiger partial charge on any atom is -0.468 e. The third-order valence-electron chi connectivity index (χ3n) is 3.97. The van der Waals surface area contributed by atoms with Gasteiger partial charge in [0, 0.05) is 6.04 Å². The van der Waals surface area contributed by atoms with E-state index in [1.54, 1.807) is 0 Å². The molecular formula is C16H34N2O2. The van der Waals surface area contributed by atoms with Gasteiger partial charge in [-0.15, -0.1) is 0 Å². The van der Waals surface area contributed by atoms with E-state index in [9.17, 15) is 4.79 Å². The van der Waals surface area contributed by atoms with Crippen LogP contribution in [0.15, 0.2) is 0 Å². The molecule has 4 nitrogen and oxygen atoms in total. The van der Waals surface area contributed by atoms with Crippen LogP contribution in [0, 0.1) is 0 Å². The van der Waals surface area contributed by atoms with Gasteiger partial charge in [-0.25, -0.2) is 0 Å². The summed E-state index contributed by atoms with van der Waals surface area (Å²) in [4.78, 5) is 14.4. The number of esters is 1. The Morgan fingerprint density at radius 2 is 1.95 bits per heavy atom. The number of methoxy groups -OCH3 is 1. The van der Waals surface area contributed by atoms with Crippen LogP contribution in [0.1, 0.15) is 59.8 Å². The van der Waals surface area contributed by atoms with Crippen molar-refractivity contribution in [2.75, 3.05) is 27.2 Å². The number of nitrogens with one attached hydrogen (secondary N) is 1. The largest absolute Gasteiger partial charge is 0.468 e. The molecule has 0 amide bonds. The fourth-order valence-electron chi connectivity index (χ4n) is 2.43. The quantitative estimate of drug-likeness (QED) is 0.468. The Morgan fingerprint density at radius 1 is 1.30 bits per heavy atom. The molecule has 0 aromatic rings. The average molecular weight is 286 g/mol. The molecule has 0 saturated heterocycles. The second kappa shape index (κ2) is 10.2. The highest BCUT2D eigenvalue weighted by Gasteiger charge is 2.35. The zero-order valence-corrected chi connectivity index (χ0v) is 14.3.